The van der Waals surface area contributed by atoms with E-state index < -0.39 is 12.9 Å². The standard InChI is InChI=1S/C10H14BFO4/c1-2-15-5-6-16-10-7-8(11(13)14)3-4-9(10)12/h3-4,7,13-14H,2,5-6H2,1H3. The van der Waals surface area contributed by atoms with E-state index >= 15 is 0 Å². The predicted octanol–water partition coefficient (Wildman–Crippen LogP) is -0.0792. The Hall–Kier alpha value is -1.11. The molecule has 0 amide bonds. The summed E-state index contributed by atoms with van der Waals surface area (Å²) < 4.78 is 23.3. The molecule has 0 fully saturated rings. The number of halogens is 1. The van der Waals surface area contributed by atoms with Crippen molar-refractivity contribution in [2.75, 3.05) is 19.8 Å². The molecule has 0 aliphatic heterocycles. The highest BCUT2D eigenvalue weighted by Gasteiger charge is 2.14. The fourth-order valence-corrected chi connectivity index (χ4v) is 1.15. The van der Waals surface area contributed by atoms with Gasteiger partial charge < -0.3 is 19.5 Å². The van der Waals surface area contributed by atoms with Gasteiger partial charge in [-0.1, -0.05) is 6.07 Å². The molecule has 0 radical (unpaired) electrons. The molecule has 16 heavy (non-hydrogen) atoms. The zero-order valence-electron chi connectivity index (χ0n) is 9.02. The topological polar surface area (TPSA) is 58.9 Å². The lowest BCUT2D eigenvalue weighted by Crippen LogP contribution is -2.30. The highest BCUT2D eigenvalue weighted by molar-refractivity contribution is 6.58. The van der Waals surface area contributed by atoms with Crippen LogP contribution in [0.1, 0.15) is 6.92 Å². The zero-order chi connectivity index (χ0) is 12.0. The third-order valence-electron chi connectivity index (χ3n) is 1.94. The molecule has 2 N–H and O–H groups in total. The first kappa shape index (κ1) is 13.0. The maximum atomic E-state index is 13.2. The molecule has 0 saturated carbocycles. The van der Waals surface area contributed by atoms with Gasteiger partial charge in [0.05, 0.1) is 6.61 Å². The molecule has 0 aliphatic carbocycles. The van der Waals surface area contributed by atoms with Crippen LogP contribution in [-0.2, 0) is 4.74 Å². The number of ether oxygens (including phenoxy) is 2. The molecule has 4 nitrogen and oxygen atoms in total. The van der Waals surface area contributed by atoms with Crippen molar-refractivity contribution in [1.82, 2.24) is 0 Å². The SMILES string of the molecule is CCOCCOc1cc(B(O)O)ccc1F. The van der Waals surface area contributed by atoms with E-state index in [0.29, 0.717) is 13.2 Å². The Morgan fingerprint density at radius 3 is 2.69 bits per heavy atom. The van der Waals surface area contributed by atoms with Gasteiger partial charge in [-0.3, -0.25) is 0 Å². The van der Waals surface area contributed by atoms with Crippen LogP contribution in [0.3, 0.4) is 0 Å². The summed E-state index contributed by atoms with van der Waals surface area (Å²) in [5.74, 6) is -0.550. The first-order valence-corrected chi connectivity index (χ1v) is 5.01. The van der Waals surface area contributed by atoms with Crippen LogP contribution in [0.5, 0.6) is 5.75 Å². The Morgan fingerprint density at radius 2 is 2.06 bits per heavy atom. The second-order valence-corrected chi connectivity index (χ2v) is 3.11. The van der Waals surface area contributed by atoms with Crippen molar-refractivity contribution in [3.05, 3.63) is 24.0 Å². The summed E-state index contributed by atoms with van der Waals surface area (Å²) in [4.78, 5) is 0. The molecule has 0 aliphatic rings. The van der Waals surface area contributed by atoms with Crippen LogP contribution in [0.25, 0.3) is 0 Å². The largest absolute Gasteiger partial charge is 0.488 e. The Balaban J connectivity index is 2.60. The van der Waals surface area contributed by atoms with E-state index in [2.05, 4.69) is 0 Å². The van der Waals surface area contributed by atoms with E-state index in [-0.39, 0.29) is 17.8 Å². The Kier molecular flexibility index (Phi) is 5.24. The fourth-order valence-electron chi connectivity index (χ4n) is 1.15. The summed E-state index contributed by atoms with van der Waals surface area (Å²) in [6, 6.07) is 3.67. The Labute approximate surface area is 93.8 Å². The number of rotatable bonds is 6. The lowest BCUT2D eigenvalue weighted by Gasteiger charge is -2.08. The monoisotopic (exact) mass is 228 g/mol. The zero-order valence-corrected chi connectivity index (χ0v) is 9.02. The van der Waals surface area contributed by atoms with Gasteiger partial charge in [0.15, 0.2) is 11.6 Å². The third-order valence-corrected chi connectivity index (χ3v) is 1.94. The van der Waals surface area contributed by atoms with E-state index in [4.69, 9.17) is 19.5 Å². The molecule has 0 saturated heterocycles. The lowest BCUT2D eigenvalue weighted by molar-refractivity contribution is 0.108. The van der Waals surface area contributed by atoms with Gasteiger partial charge in [-0.25, -0.2) is 4.39 Å². The van der Waals surface area contributed by atoms with Crippen LogP contribution < -0.4 is 10.2 Å². The predicted molar refractivity (Wildman–Crippen MR) is 58.2 cm³/mol. The fraction of sp³-hybridized carbons (Fsp3) is 0.400. The average molecular weight is 228 g/mol. The van der Waals surface area contributed by atoms with Crippen molar-refractivity contribution in [1.29, 1.82) is 0 Å². The maximum Gasteiger partial charge on any atom is 0.488 e. The highest BCUT2D eigenvalue weighted by Crippen LogP contribution is 2.14. The van der Waals surface area contributed by atoms with E-state index in [1.165, 1.54) is 12.1 Å². The molecule has 0 unspecified atom stereocenters. The number of benzene rings is 1. The molecule has 0 aromatic heterocycles. The molecule has 0 heterocycles. The van der Waals surface area contributed by atoms with Crippen molar-refractivity contribution < 1.29 is 23.9 Å². The number of hydrogen-bond donors (Lipinski definition) is 2. The van der Waals surface area contributed by atoms with Crippen LogP contribution in [0, 0.1) is 5.82 Å². The van der Waals surface area contributed by atoms with Gasteiger partial charge >= 0.3 is 7.12 Å². The molecule has 88 valence electrons. The Bertz CT molecular complexity index is 333. The molecular weight excluding hydrogens is 214 g/mol. The summed E-state index contributed by atoms with van der Waals surface area (Å²) in [6.45, 7) is 3.00. The summed E-state index contributed by atoms with van der Waals surface area (Å²) >= 11 is 0. The molecule has 6 heteroatoms. The van der Waals surface area contributed by atoms with E-state index in [1.807, 2.05) is 6.92 Å². The van der Waals surface area contributed by atoms with E-state index in [9.17, 15) is 4.39 Å². The van der Waals surface area contributed by atoms with Crippen molar-refractivity contribution in [3.8, 4) is 5.75 Å². The molecular formula is C10H14BFO4. The van der Waals surface area contributed by atoms with Crippen LogP contribution >= 0.6 is 0 Å². The second kappa shape index (κ2) is 6.47. The molecule has 1 aromatic carbocycles. The van der Waals surface area contributed by atoms with Gasteiger partial charge in [0.1, 0.15) is 6.61 Å². The normalized spacial score (nSPS) is 10.2. The van der Waals surface area contributed by atoms with Gasteiger partial charge in [0.2, 0.25) is 0 Å². The van der Waals surface area contributed by atoms with Crippen molar-refractivity contribution >= 4 is 12.6 Å². The van der Waals surface area contributed by atoms with Crippen molar-refractivity contribution in [2.24, 2.45) is 0 Å². The molecule has 0 atom stereocenters. The summed E-state index contributed by atoms with van der Waals surface area (Å²) in [7, 11) is -1.63. The van der Waals surface area contributed by atoms with Gasteiger partial charge in [-0.15, -0.1) is 0 Å². The van der Waals surface area contributed by atoms with Crippen LogP contribution in [0.15, 0.2) is 18.2 Å². The van der Waals surface area contributed by atoms with Gasteiger partial charge in [-0.05, 0) is 24.5 Å². The van der Waals surface area contributed by atoms with E-state index in [0.717, 1.165) is 6.07 Å². The van der Waals surface area contributed by atoms with Crippen molar-refractivity contribution in [3.63, 3.8) is 0 Å². The van der Waals surface area contributed by atoms with E-state index in [1.54, 1.807) is 0 Å². The first-order chi connectivity index (χ1) is 7.65. The average Bonchev–Trinajstić information content (AvgIpc) is 2.26. The number of hydrogen-bond acceptors (Lipinski definition) is 4. The minimum atomic E-state index is -1.63. The van der Waals surface area contributed by atoms with Gasteiger partial charge in [0, 0.05) is 6.61 Å². The van der Waals surface area contributed by atoms with Gasteiger partial charge in [-0.2, -0.15) is 0 Å². The minimum absolute atomic E-state index is 0.00898. The first-order valence-electron chi connectivity index (χ1n) is 5.01. The maximum absolute atomic E-state index is 13.2. The molecule has 1 rings (SSSR count). The summed E-state index contributed by atoms with van der Waals surface area (Å²) in [5, 5.41) is 17.8. The molecule has 0 spiro atoms. The minimum Gasteiger partial charge on any atom is -0.488 e. The molecule has 0 bridgehead atoms. The van der Waals surface area contributed by atoms with Gasteiger partial charge in [0.25, 0.3) is 0 Å². The van der Waals surface area contributed by atoms with Crippen LogP contribution in [-0.4, -0.2) is 37.0 Å². The van der Waals surface area contributed by atoms with Crippen molar-refractivity contribution in [2.45, 2.75) is 6.92 Å². The summed E-state index contributed by atoms with van der Waals surface area (Å²) in [5.41, 5.74) is 0.188. The van der Waals surface area contributed by atoms with Crippen LogP contribution in [0.2, 0.25) is 0 Å². The summed E-state index contributed by atoms with van der Waals surface area (Å²) in [6.07, 6.45) is 0. The third kappa shape index (κ3) is 3.81. The quantitative estimate of drug-likeness (QED) is 0.528. The second-order valence-electron chi connectivity index (χ2n) is 3.11. The smallest absolute Gasteiger partial charge is 0.488 e. The highest BCUT2D eigenvalue weighted by atomic mass is 19.1. The lowest BCUT2D eigenvalue weighted by atomic mass is 9.80. The van der Waals surface area contributed by atoms with Crippen LogP contribution in [0.4, 0.5) is 4.39 Å². The molecule has 1 aromatic rings. The Morgan fingerprint density at radius 1 is 1.31 bits per heavy atom.